The van der Waals surface area contributed by atoms with Crippen molar-refractivity contribution in [2.75, 3.05) is 19.0 Å². The number of benzene rings is 2. The first-order valence-electron chi connectivity index (χ1n) is 9.39. The van der Waals surface area contributed by atoms with Crippen LogP contribution >= 0.6 is 0 Å². The number of aromatic nitrogens is 1. The van der Waals surface area contributed by atoms with E-state index in [1.165, 1.54) is 12.1 Å². The average molecular weight is 425 g/mol. The number of carbonyl (C=O) groups is 1. The highest BCUT2D eigenvalue weighted by Crippen LogP contribution is 2.13. The minimum Gasteiger partial charge on any atom is -0.363 e. The molecule has 30 heavy (non-hydrogen) atoms. The molecule has 8 heteroatoms. The molecule has 0 saturated carbocycles. The van der Waals surface area contributed by atoms with Gasteiger partial charge in [-0.3, -0.25) is 4.79 Å². The Kier molecular flexibility index (Phi) is 6.81. The van der Waals surface area contributed by atoms with E-state index in [1.54, 1.807) is 18.3 Å². The molecular weight excluding hydrogens is 400 g/mol. The molecule has 0 aliphatic rings. The molecule has 2 aromatic carbocycles. The summed E-state index contributed by atoms with van der Waals surface area (Å²) in [6.07, 6.45) is 1.68. The lowest BCUT2D eigenvalue weighted by Gasteiger charge is -2.13. The predicted octanol–water partition coefficient (Wildman–Crippen LogP) is 2.56. The number of sulfonamides is 1. The van der Waals surface area contributed by atoms with Gasteiger partial charge in [0.2, 0.25) is 10.0 Å². The molecule has 0 fully saturated rings. The first kappa shape index (κ1) is 21.5. The van der Waals surface area contributed by atoms with Crippen LogP contribution in [-0.2, 0) is 23.1 Å². The van der Waals surface area contributed by atoms with E-state index in [9.17, 15) is 13.2 Å². The van der Waals surface area contributed by atoms with E-state index < -0.39 is 10.0 Å². The smallest absolute Gasteiger partial charge is 0.251 e. The first-order valence-corrected chi connectivity index (χ1v) is 10.9. The fourth-order valence-corrected chi connectivity index (χ4v) is 3.82. The lowest BCUT2D eigenvalue weighted by atomic mass is 10.2. The van der Waals surface area contributed by atoms with Gasteiger partial charge in [-0.2, -0.15) is 0 Å². The Morgan fingerprint density at radius 3 is 2.43 bits per heavy atom. The van der Waals surface area contributed by atoms with E-state index in [0.29, 0.717) is 6.54 Å². The van der Waals surface area contributed by atoms with Gasteiger partial charge in [-0.25, -0.2) is 18.1 Å². The molecule has 0 atom stereocenters. The minimum atomic E-state index is -3.74. The molecule has 156 valence electrons. The molecule has 0 saturated heterocycles. The number of hydrogen-bond acceptors (Lipinski definition) is 5. The van der Waals surface area contributed by atoms with Crippen molar-refractivity contribution >= 4 is 21.7 Å². The zero-order valence-corrected chi connectivity index (χ0v) is 17.7. The molecule has 3 rings (SSSR count). The van der Waals surface area contributed by atoms with Crippen LogP contribution in [0.1, 0.15) is 21.5 Å². The molecule has 0 unspecified atom stereocenters. The topological polar surface area (TPSA) is 91.4 Å². The van der Waals surface area contributed by atoms with Gasteiger partial charge in [0.05, 0.1) is 4.90 Å². The number of nitrogens with one attached hydrogen (secondary N) is 2. The molecule has 1 heterocycles. The van der Waals surface area contributed by atoms with Crippen LogP contribution in [0.15, 0.2) is 77.8 Å². The van der Waals surface area contributed by atoms with Gasteiger partial charge < -0.3 is 10.2 Å². The van der Waals surface area contributed by atoms with Gasteiger partial charge >= 0.3 is 0 Å². The average Bonchev–Trinajstić information content (AvgIpc) is 2.77. The van der Waals surface area contributed by atoms with Crippen LogP contribution < -0.4 is 14.9 Å². The van der Waals surface area contributed by atoms with Crippen molar-refractivity contribution in [1.82, 2.24) is 15.0 Å². The fraction of sp³-hybridized carbons (Fsp3) is 0.182. The maximum Gasteiger partial charge on any atom is 0.251 e. The molecule has 7 nitrogen and oxygen atoms in total. The van der Waals surface area contributed by atoms with Crippen molar-refractivity contribution < 1.29 is 13.2 Å². The molecule has 0 bridgehead atoms. The number of carbonyl (C=O) groups excluding carboxylic acids is 1. The summed E-state index contributed by atoms with van der Waals surface area (Å²) < 4.78 is 27.8. The molecule has 3 aromatic rings. The van der Waals surface area contributed by atoms with Crippen molar-refractivity contribution in [3.8, 4) is 0 Å². The van der Waals surface area contributed by atoms with E-state index in [4.69, 9.17) is 0 Å². The highest BCUT2D eigenvalue weighted by Gasteiger charge is 2.16. The summed E-state index contributed by atoms with van der Waals surface area (Å²) >= 11 is 0. The second-order valence-corrected chi connectivity index (χ2v) is 8.70. The molecule has 1 amide bonds. The Labute approximate surface area is 176 Å². The Bertz CT molecular complexity index is 1120. The highest BCUT2D eigenvalue weighted by molar-refractivity contribution is 7.89. The molecule has 1 aromatic heterocycles. The van der Waals surface area contributed by atoms with Crippen LogP contribution in [0.2, 0.25) is 0 Å². The number of nitrogens with zero attached hydrogens (tertiary/aromatic N) is 2. The lowest BCUT2D eigenvalue weighted by molar-refractivity contribution is 0.0950. The Morgan fingerprint density at radius 1 is 0.933 bits per heavy atom. The molecule has 0 aliphatic carbocycles. The summed E-state index contributed by atoms with van der Waals surface area (Å²) in [5.41, 5.74) is 2.03. The van der Waals surface area contributed by atoms with Crippen LogP contribution in [0.25, 0.3) is 0 Å². The maximum atomic E-state index is 12.6. The van der Waals surface area contributed by atoms with Crippen molar-refractivity contribution in [3.05, 3.63) is 89.6 Å². The van der Waals surface area contributed by atoms with Crippen molar-refractivity contribution in [2.45, 2.75) is 18.0 Å². The molecule has 0 radical (unpaired) electrons. The minimum absolute atomic E-state index is 0.0462. The van der Waals surface area contributed by atoms with E-state index in [2.05, 4.69) is 15.0 Å². The van der Waals surface area contributed by atoms with Gasteiger partial charge in [0.1, 0.15) is 5.82 Å². The standard InChI is InChI=1S/C22H24N4O3S/c1-26(2)21-13-18(11-12-23-21)15-24-22(27)19-9-6-10-20(14-19)30(28,29)25-16-17-7-4-3-5-8-17/h3-14,25H,15-16H2,1-2H3,(H,24,27). The van der Waals surface area contributed by atoms with Gasteiger partial charge in [0, 0.05) is 38.9 Å². The third kappa shape index (κ3) is 5.65. The largest absolute Gasteiger partial charge is 0.363 e. The zero-order valence-electron chi connectivity index (χ0n) is 16.9. The van der Waals surface area contributed by atoms with E-state index >= 15 is 0 Å². The van der Waals surface area contributed by atoms with E-state index in [-0.39, 0.29) is 22.9 Å². The molecule has 0 aliphatic heterocycles. The van der Waals surface area contributed by atoms with Gasteiger partial charge in [0.15, 0.2) is 0 Å². The quantitative estimate of drug-likeness (QED) is 0.580. The Hall–Kier alpha value is -3.23. The van der Waals surface area contributed by atoms with Gasteiger partial charge in [-0.05, 0) is 41.5 Å². The predicted molar refractivity (Wildman–Crippen MR) is 117 cm³/mol. The third-order valence-corrected chi connectivity index (χ3v) is 5.84. The number of pyridine rings is 1. The highest BCUT2D eigenvalue weighted by atomic mass is 32.2. The number of hydrogen-bond donors (Lipinski definition) is 2. The Balaban J connectivity index is 1.66. The first-order chi connectivity index (χ1) is 14.3. The third-order valence-electron chi connectivity index (χ3n) is 4.44. The second kappa shape index (κ2) is 9.51. The monoisotopic (exact) mass is 424 g/mol. The van der Waals surface area contributed by atoms with Crippen LogP contribution in [0.5, 0.6) is 0 Å². The normalized spacial score (nSPS) is 11.1. The van der Waals surface area contributed by atoms with Crippen molar-refractivity contribution in [2.24, 2.45) is 0 Å². The summed E-state index contributed by atoms with van der Waals surface area (Å²) in [7, 11) is 0.0421. The lowest BCUT2D eigenvalue weighted by Crippen LogP contribution is -2.25. The Morgan fingerprint density at radius 2 is 1.70 bits per heavy atom. The van der Waals surface area contributed by atoms with Crippen LogP contribution in [-0.4, -0.2) is 33.4 Å². The number of amides is 1. The summed E-state index contributed by atoms with van der Waals surface area (Å²) in [6, 6.07) is 18.9. The molecule has 0 spiro atoms. The van der Waals surface area contributed by atoms with E-state index in [0.717, 1.165) is 16.9 Å². The maximum absolute atomic E-state index is 12.6. The summed E-state index contributed by atoms with van der Waals surface area (Å²) in [4.78, 5) is 18.7. The SMILES string of the molecule is CN(C)c1cc(CNC(=O)c2cccc(S(=O)(=O)NCc3ccccc3)c2)ccn1. The zero-order chi connectivity index (χ0) is 21.6. The second-order valence-electron chi connectivity index (χ2n) is 6.94. The van der Waals surface area contributed by atoms with Crippen LogP contribution in [0.4, 0.5) is 5.82 Å². The summed E-state index contributed by atoms with van der Waals surface area (Å²) in [5, 5.41) is 2.82. The van der Waals surface area contributed by atoms with Gasteiger partial charge in [0.25, 0.3) is 5.91 Å². The van der Waals surface area contributed by atoms with Gasteiger partial charge in [-0.1, -0.05) is 36.4 Å². The number of anilines is 1. The van der Waals surface area contributed by atoms with Crippen LogP contribution in [0.3, 0.4) is 0 Å². The van der Waals surface area contributed by atoms with E-state index in [1.807, 2.05) is 61.5 Å². The number of rotatable bonds is 8. The molecule has 2 N–H and O–H groups in total. The fourth-order valence-electron chi connectivity index (χ4n) is 2.76. The summed E-state index contributed by atoms with van der Waals surface area (Å²) in [6.45, 7) is 0.487. The van der Waals surface area contributed by atoms with Crippen molar-refractivity contribution in [1.29, 1.82) is 0 Å². The van der Waals surface area contributed by atoms with Gasteiger partial charge in [-0.15, -0.1) is 0 Å². The molecular formula is C22H24N4O3S. The van der Waals surface area contributed by atoms with Crippen LogP contribution in [0, 0.1) is 0 Å². The summed E-state index contributed by atoms with van der Waals surface area (Å²) in [5.74, 6) is 0.442. The van der Waals surface area contributed by atoms with Crippen molar-refractivity contribution in [3.63, 3.8) is 0 Å².